The fourth-order valence-corrected chi connectivity index (χ4v) is 3.03. The summed E-state index contributed by atoms with van der Waals surface area (Å²) in [5.74, 6) is -0.180. The SMILES string of the molecule is Cc1cc2c(cc1F)[nH]c(=S)n2CC1(C)CCC1. The first-order valence-corrected chi connectivity index (χ1v) is 6.78. The molecule has 0 bridgehead atoms. The number of nitrogens with zero attached hydrogens (tertiary/aromatic N) is 1. The third-order valence-electron chi connectivity index (χ3n) is 4.15. The molecule has 0 atom stereocenters. The van der Waals surface area contributed by atoms with E-state index in [-0.39, 0.29) is 5.82 Å². The summed E-state index contributed by atoms with van der Waals surface area (Å²) >= 11 is 5.36. The van der Waals surface area contributed by atoms with Crippen LogP contribution in [0.15, 0.2) is 12.1 Å². The number of aryl methyl sites for hydroxylation is 1. The number of nitrogens with one attached hydrogen (secondary N) is 1. The summed E-state index contributed by atoms with van der Waals surface area (Å²) in [5.41, 5.74) is 2.84. The molecule has 1 aliphatic carbocycles. The number of benzene rings is 1. The molecule has 4 heteroatoms. The van der Waals surface area contributed by atoms with Gasteiger partial charge in [-0.1, -0.05) is 13.3 Å². The van der Waals surface area contributed by atoms with Crippen LogP contribution in [0, 0.1) is 22.9 Å². The molecule has 1 saturated carbocycles. The zero-order valence-corrected chi connectivity index (χ0v) is 11.5. The van der Waals surface area contributed by atoms with Crippen LogP contribution in [0.1, 0.15) is 31.7 Å². The Bertz CT molecular complexity index is 664. The highest BCUT2D eigenvalue weighted by molar-refractivity contribution is 7.71. The average Bonchev–Trinajstić information content (AvgIpc) is 2.55. The van der Waals surface area contributed by atoms with Crippen molar-refractivity contribution in [2.45, 2.75) is 39.7 Å². The number of imidazole rings is 1. The predicted octanol–water partition coefficient (Wildman–Crippen LogP) is 4.34. The normalized spacial score (nSPS) is 17.9. The first-order valence-electron chi connectivity index (χ1n) is 6.37. The molecular formula is C14H17FN2S. The van der Waals surface area contributed by atoms with Gasteiger partial charge in [-0.15, -0.1) is 0 Å². The molecule has 1 heterocycles. The van der Waals surface area contributed by atoms with Gasteiger partial charge in [0.15, 0.2) is 4.77 Å². The van der Waals surface area contributed by atoms with Gasteiger partial charge in [-0.2, -0.15) is 0 Å². The molecule has 1 aliphatic rings. The Hall–Kier alpha value is -1.16. The molecule has 0 radical (unpaired) electrons. The molecule has 2 nitrogen and oxygen atoms in total. The van der Waals surface area contributed by atoms with Crippen molar-refractivity contribution in [1.82, 2.24) is 9.55 Å². The highest BCUT2D eigenvalue weighted by Gasteiger charge is 2.32. The number of fused-ring (bicyclic) bond motifs is 1. The van der Waals surface area contributed by atoms with Crippen molar-refractivity contribution in [3.8, 4) is 0 Å². The van der Waals surface area contributed by atoms with Gasteiger partial charge in [-0.3, -0.25) is 0 Å². The summed E-state index contributed by atoms with van der Waals surface area (Å²) in [6.45, 7) is 5.02. The van der Waals surface area contributed by atoms with Crippen LogP contribution in [0.25, 0.3) is 11.0 Å². The van der Waals surface area contributed by atoms with E-state index in [1.165, 1.54) is 19.3 Å². The van der Waals surface area contributed by atoms with Crippen molar-refractivity contribution >= 4 is 23.3 Å². The molecule has 2 aromatic rings. The minimum Gasteiger partial charge on any atom is -0.330 e. The van der Waals surface area contributed by atoms with Crippen LogP contribution in [0.4, 0.5) is 4.39 Å². The summed E-state index contributed by atoms with van der Waals surface area (Å²) in [4.78, 5) is 3.10. The fourth-order valence-electron chi connectivity index (χ4n) is 2.76. The van der Waals surface area contributed by atoms with E-state index in [4.69, 9.17) is 12.2 Å². The van der Waals surface area contributed by atoms with Crippen LogP contribution in [-0.2, 0) is 6.54 Å². The number of rotatable bonds is 2. The maximum atomic E-state index is 13.5. The average molecular weight is 264 g/mol. The number of H-pyrrole nitrogens is 1. The van der Waals surface area contributed by atoms with Crippen molar-refractivity contribution in [3.05, 3.63) is 28.3 Å². The largest absolute Gasteiger partial charge is 0.330 e. The molecule has 0 spiro atoms. The summed E-state index contributed by atoms with van der Waals surface area (Å²) in [5, 5.41) is 0. The minimum atomic E-state index is -0.180. The lowest BCUT2D eigenvalue weighted by Crippen LogP contribution is -2.30. The number of aromatic nitrogens is 2. The molecule has 96 valence electrons. The summed E-state index contributed by atoms with van der Waals surface area (Å²) in [7, 11) is 0. The van der Waals surface area contributed by atoms with Crippen LogP contribution in [0.5, 0.6) is 0 Å². The Morgan fingerprint density at radius 3 is 2.78 bits per heavy atom. The Balaban J connectivity index is 2.13. The number of aromatic amines is 1. The van der Waals surface area contributed by atoms with Gasteiger partial charge >= 0.3 is 0 Å². The van der Waals surface area contributed by atoms with Crippen LogP contribution in [0.3, 0.4) is 0 Å². The highest BCUT2D eigenvalue weighted by Crippen LogP contribution is 2.42. The minimum absolute atomic E-state index is 0.180. The lowest BCUT2D eigenvalue weighted by Gasteiger charge is -2.38. The van der Waals surface area contributed by atoms with Gasteiger partial charge in [0.05, 0.1) is 11.0 Å². The van der Waals surface area contributed by atoms with Gasteiger partial charge in [0, 0.05) is 6.54 Å². The molecule has 1 aromatic carbocycles. The quantitative estimate of drug-likeness (QED) is 0.800. The molecule has 0 amide bonds. The van der Waals surface area contributed by atoms with Crippen LogP contribution in [0.2, 0.25) is 0 Å². The van der Waals surface area contributed by atoms with Gasteiger partial charge in [0.1, 0.15) is 5.82 Å². The molecule has 3 rings (SSSR count). The predicted molar refractivity (Wildman–Crippen MR) is 73.8 cm³/mol. The van der Waals surface area contributed by atoms with Gasteiger partial charge in [-0.05, 0) is 55.1 Å². The van der Waals surface area contributed by atoms with E-state index in [1.54, 1.807) is 13.0 Å². The summed E-state index contributed by atoms with van der Waals surface area (Å²) < 4.78 is 16.4. The molecule has 0 aliphatic heterocycles. The monoisotopic (exact) mass is 264 g/mol. The lowest BCUT2D eigenvalue weighted by molar-refractivity contribution is 0.133. The van der Waals surface area contributed by atoms with Gasteiger partial charge in [0.2, 0.25) is 0 Å². The van der Waals surface area contributed by atoms with Crippen molar-refractivity contribution < 1.29 is 4.39 Å². The summed E-state index contributed by atoms with van der Waals surface area (Å²) in [6.07, 6.45) is 3.81. The third kappa shape index (κ3) is 1.79. The number of halogens is 1. The Morgan fingerprint density at radius 2 is 2.17 bits per heavy atom. The molecule has 18 heavy (non-hydrogen) atoms. The zero-order chi connectivity index (χ0) is 12.9. The van der Waals surface area contributed by atoms with E-state index in [0.29, 0.717) is 15.7 Å². The van der Waals surface area contributed by atoms with Crippen LogP contribution < -0.4 is 0 Å². The molecule has 0 saturated heterocycles. The van der Waals surface area contributed by atoms with Crippen LogP contribution >= 0.6 is 12.2 Å². The van der Waals surface area contributed by atoms with Crippen molar-refractivity contribution in [1.29, 1.82) is 0 Å². The smallest absolute Gasteiger partial charge is 0.178 e. The van der Waals surface area contributed by atoms with E-state index < -0.39 is 0 Å². The summed E-state index contributed by atoms with van der Waals surface area (Å²) in [6, 6.07) is 3.43. The standard InChI is InChI=1S/C14H17FN2S/c1-9-6-12-11(7-10(9)15)16-13(18)17(12)8-14(2)4-3-5-14/h6-7H,3-5,8H2,1-2H3,(H,16,18). The van der Waals surface area contributed by atoms with Crippen LogP contribution in [-0.4, -0.2) is 9.55 Å². The van der Waals surface area contributed by atoms with E-state index in [9.17, 15) is 4.39 Å². The second-order valence-corrected chi connectivity index (χ2v) is 6.19. The van der Waals surface area contributed by atoms with Crippen molar-refractivity contribution in [2.24, 2.45) is 5.41 Å². The molecule has 0 unspecified atom stereocenters. The fraction of sp³-hybridized carbons (Fsp3) is 0.500. The van der Waals surface area contributed by atoms with Gasteiger partial charge in [0.25, 0.3) is 0 Å². The Kier molecular flexibility index (Phi) is 2.59. The maximum Gasteiger partial charge on any atom is 0.178 e. The van der Waals surface area contributed by atoms with E-state index >= 15 is 0 Å². The van der Waals surface area contributed by atoms with Crippen molar-refractivity contribution in [2.75, 3.05) is 0 Å². The second kappa shape index (κ2) is 3.92. The third-order valence-corrected chi connectivity index (χ3v) is 4.48. The van der Waals surface area contributed by atoms with E-state index in [2.05, 4.69) is 16.5 Å². The zero-order valence-electron chi connectivity index (χ0n) is 10.7. The topological polar surface area (TPSA) is 20.7 Å². The van der Waals surface area contributed by atoms with E-state index in [0.717, 1.165) is 17.6 Å². The van der Waals surface area contributed by atoms with Gasteiger partial charge < -0.3 is 9.55 Å². The first kappa shape index (κ1) is 11.9. The number of hydrogen-bond donors (Lipinski definition) is 1. The Morgan fingerprint density at radius 1 is 1.44 bits per heavy atom. The molecule has 1 N–H and O–H groups in total. The lowest BCUT2D eigenvalue weighted by atomic mass is 9.70. The maximum absolute atomic E-state index is 13.5. The van der Waals surface area contributed by atoms with Gasteiger partial charge in [-0.25, -0.2) is 4.39 Å². The van der Waals surface area contributed by atoms with Crippen molar-refractivity contribution in [3.63, 3.8) is 0 Å². The molecule has 1 fully saturated rings. The first-order chi connectivity index (χ1) is 8.48. The highest BCUT2D eigenvalue weighted by atomic mass is 32.1. The molecular weight excluding hydrogens is 247 g/mol. The molecule has 1 aromatic heterocycles. The van der Waals surface area contributed by atoms with E-state index in [1.807, 2.05) is 6.07 Å². The second-order valence-electron chi connectivity index (χ2n) is 5.80. The Labute approximate surface area is 111 Å². The number of hydrogen-bond acceptors (Lipinski definition) is 1.